The molecule has 0 saturated carbocycles. The molecule has 0 aliphatic carbocycles. The van der Waals surface area contributed by atoms with Crippen molar-refractivity contribution >= 4 is 11.6 Å². The van der Waals surface area contributed by atoms with Gasteiger partial charge in [-0.3, -0.25) is 4.90 Å². The molecule has 1 fully saturated rings. The first kappa shape index (κ1) is 24.5. The van der Waals surface area contributed by atoms with E-state index < -0.39 is 11.7 Å². The summed E-state index contributed by atoms with van der Waals surface area (Å²) >= 11 is 6.24. The molecule has 7 nitrogen and oxygen atoms in total. The highest BCUT2D eigenvalue weighted by Crippen LogP contribution is 2.29. The van der Waals surface area contributed by atoms with E-state index in [1.165, 1.54) is 0 Å². The second kappa shape index (κ2) is 10.4. The first-order valence-corrected chi connectivity index (χ1v) is 11.8. The van der Waals surface area contributed by atoms with E-state index in [9.17, 15) is 10.2 Å². The van der Waals surface area contributed by atoms with Crippen molar-refractivity contribution in [1.29, 1.82) is 0 Å². The molecular weight excluding hydrogens is 454 g/mol. The maximum absolute atomic E-state index is 11.2. The van der Waals surface area contributed by atoms with E-state index in [0.29, 0.717) is 43.4 Å². The Morgan fingerprint density at radius 3 is 2.47 bits per heavy atom. The van der Waals surface area contributed by atoms with Crippen LogP contribution in [0.5, 0.6) is 11.5 Å². The van der Waals surface area contributed by atoms with Gasteiger partial charge in [-0.1, -0.05) is 23.7 Å². The van der Waals surface area contributed by atoms with E-state index >= 15 is 0 Å². The largest absolute Gasteiger partial charge is 0.490 e. The number of aliphatic hydroxyl groups is 2. The van der Waals surface area contributed by atoms with Crippen LogP contribution >= 0.6 is 11.6 Å². The van der Waals surface area contributed by atoms with Crippen LogP contribution in [0.2, 0.25) is 5.02 Å². The molecule has 0 amide bonds. The Balaban J connectivity index is 1.33. The molecule has 2 heterocycles. The monoisotopic (exact) mass is 485 g/mol. The minimum Gasteiger partial charge on any atom is -0.490 e. The van der Waals surface area contributed by atoms with Crippen molar-refractivity contribution in [2.45, 2.75) is 45.1 Å². The fraction of sp³-hybridized carbons (Fsp3) is 0.423. The Labute approximate surface area is 205 Å². The molecule has 1 aliphatic rings. The zero-order chi connectivity index (χ0) is 24.3. The average Bonchev–Trinajstić information content (AvgIpc) is 3.23. The maximum atomic E-state index is 11.2. The van der Waals surface area contributed by atoms with Crippen LogP contribution in [0.25, 0.3) is 0 Å². The number of likely N-dealkylation sites (tertiary alicyclic amines) is 1. The first-order chi connectivity index (χ1) is 16.2. The van der Waals surface area contributed by atoms with Crippen molar-refractivity contribution < 1.29 is 19.7 Å². The Morgan fingerprint density at radius 2 is 1.82 bits per heavy atom. The van der Waals surface area contributed by atoms with Crippen LogP contribution in [0.1, 0.15) is 28.9 Å². The summed E-state index contributed by atoms with van der Waals surface area (Å²) in [5.41, 5.74) is 1.58. The zero-order valence-electron chi connectivity index (χ0n) is 19.9. The second-order valence-corrected chi connectivity index (χ2v) is 9.54. The molecule has 2 aromatic carbocycles. The highest BCUT2D eigenvalue weighted by Gasteiger charge is 2.42. The van der Waals surface area contributed by atoms with Crippen molar-refractivity contribution in [2.24, 2.45) is 7.05 Å². The Hall–Kier alpha value is -2.58. The van der Waals surface area contributed by atoms with Crippen molar-refractivity contribution in [1.82, 2.24) is 14.5 Å². The predicted molar refractivity (Wildman–Crippen MR) is 131 cm³/mol. The van der Waals surface area contributed by atoms with Crippen molar-refractivity contribution in [3.05, 3.63) is 76.3 Å². The maximum Gasteiger partial charge on any atom is 0.146 e. The minimum absolute atomic E-state index is 0.00511. The molecule has 3 aromatic rings. The number of β-amino-alcohol motifs (C(OH)–C–C–N with tert-alkyl or cyclic N) is 1. The van der Waals surface area contributed by atoms with Gasteiger partial charge in [0.2, 0.25) is 0 Å². The standard InChI is InChI=1S/C26H32ClN3O4/c1-18-12-22(13-19(2)25(18)27)34-17-26(32)16-30(10-8-23(26)31)14-20-4-6-21(7-5-20)33-15-24-28-9-11-29(24)3/h4-7,9,11-13,23,31-32H,8,10,14-17H2,1-3H3/t23-,26-/m0/s1. The summed E-state index contributed by atoms with van der Waals surface area (Å²) in [5.74, 6) is 2.28. The van der Waals surface area contributed by atoms with Gasteiger partial charge in [0.15, 0.2) is 0 Å². The summed E-state index contributed by atoms with van der Waals surface area (Å²) in [6.45, 7) is 5.93. The van der Waals surface area contributed by atoms with E-state index in [-0.39, 0.29) is 6.61 Å². The van der Waals surface area contributed by atoms with Crippen molar-refractivity contribution in [3.8, 4) is 11.5 Å². The summed E-state index contributed by atoms with van der Waals surface area (Å²) in [7, 11) is 1.94. The van der Waals surface area contributed by atoms with Gasteiger partial charge in [0, 0.05) is 44.1 Å². The summed E-state index contributed by atoms with van der Waals surface area (Å²) in [6.07, 6.45) is 3.27. The number of piperidine rings is 1. The van der Waals surface area contributed by atoms with Crippen LogP contribution in [-0.4, -0.2) is 56.1 Å². The summed E-state index contributed by atoms with van der Waals surface area (Å²) in [6, 6.07) is 11.6. The number of aromatic nitrogens is 2. The van der Waals surface area contributed by atoms with Gasteiger partial charge in [0.05, 0.1) is 6.10 Å². The van der Waals surface area contributed by atoms with E-state index in [1.54, 1.807) is 6.20 Å². The van der Waals surface area contributed by atoms with Crippen LogP contribution in [0.4, 0.5) is 0 Å². The number of hydrogen-bond donors (Lipinski definition) is 2. The van der Waals surface area contributed by atoms with Gasteiger partial charge in [0.1, 0.15) is 36.1 Å². The zero-order valence-corrected chi connectivity index (χ0v) is 20.6. The van der Waals surface area contributed by atoms with Gasteiger partial charge < -0.3 is 24.3 Å². The molecule has 1 aliphatic heterocycles. The fourth-order valence-electron chi connectivity index (χ4n) is 4.25. The van der Waals surface area contributed by atoms with E-state index in [2.05, 4.69) is 9.88 Å². The number of halogens is 1. The van der Waals surface area contributed by atoms with Crippen LogP contribution in [0.15, 0.2) is 48.8 Å². The minimum atomic E-state index is -1.36. The van der Waals surface area contributed by atoms with Crippen LogP contribution < -0.4 is 9.47 Å². The summed E-state index contributed by atoms with van der Waals surface area (Å²) in [4.78, 5) is 6.40. The topological polar surface area (TPSA) is 80.0 Å². The van der Waals surface area contributed by atoms with E-state index in [0.717, 1.165) is 28.3 Å². The molecule has 4 rings (SSSR count). The lowest BCUT2D eigenvalue weighted by atomic mass is 9.90. The van der Waals surface area contributed by atoms with Gasteiger partial charge in [-0.15, -0.1) is 0 Å². The molecule has 34 heavy (non-hydrogen) atoms. The Morgan fingerprint density at radius 1 is 1.12 bits per heavy atom. The molecule has 2 N–H and O–H groups in total. The molecule has 0 radical (unpaired) electrons. The smallest absolute Gasteiger partial charge is 0.146 e. The number of rotatable bonds is 8. The SMILES string of the molecule is Cc1cc(OC[C@@]2(O)CN(Cc3ccc(OCc4nccn4C)cc3)CC[C@@H]2O)cc(C)c1Cl. The predicted octanol–water partition coefficient (Wildman–Crippen LogP) is 3.65. The molecule has 1 aromatic heterocycles. The quantitative estimate of drug-likeness (QED) is 0.507. The molecule has 0 bridgehead atoms. The van der Waals surface area contributed by atoms with Gasteiger partial charge >= 0.3 is 0 Å². The van der Waals surface area contributed by atoms with Crippen LogP contribution in [0.3, 0.4) is 0 Å². The highest BCUT2D eigenvalue weighted by atomic mass is 35.5. The van der Waals surface area contributed by atoms with Gasteiger partial charge in [0.25, 0.3) is 0 Å². The molecular formula is C26H32ClN3O4. The number of imidazole rings is 1. The summed E-state index contributed by atoms with van der Waals surface area (Å²) in [5, 5.41) is 22.4. The lowest BCUT2D eigenvalue weighted by Gasteiger charge is -2.42. The third-order valence-corrected chi connectivity index (χ3v) is 6.95. The average molecular weight is 486 g/mol. The molecule has 8 heteroatoms. The van der Waals surface area contributed by atoms with Gasteiger partial charge in [-0.05, 0) is 61.2 Å². The van der Waals surface area contributed by atoms with Crippen molar-refractivity contribution in [2.75, 3.05) is 19.7 Å². The lowest BCUT2D eigenvalue weighted by Crippen LogP contribution is -2.59. The number of aliphatic hydroxyl groups excluding tert-OH is 1. The second-order valence-electron chi connectivity index (χ2n) is 9.17. The first-order valence-electron chi connectivity index (χ1n) is 11.4. The lowest BCUT2D eigenvalue weighted by molar-refractivity contribution is -0.140. The molecule has 0 unspecified atom stereocenters. The van der Waals surface area contributed by atoms with Gasteiger partial charge in [-0.2, -0.15) is 0 Å². The molecule has 182 valence electrons. The molecule has 1 saturated heterocycles. The number of nitrogens with zero attached hydrogens (tertiary/aromatic N) is 3. The van der Waals surface area contributed by atoms with E-state index in [1.807, 2.05) is 68.1 Å². The number of aryl methyl sites for hydroxylation is 3. The number of benzene rings is 2. The highest BCUT2D eigenvalue weighted by molar-refractivity contribution is 6.32. The summed E-state index contributed by atoms with van der Waals surface area (Å²) < 4.78 is 13.7. The van der Waals surface area contributed by atoms with Crippen LogP contribution in [-0.2, 0) is 20.2 Å². The normalized spacial score (nSPS) is 20.9. The third-order valence-electron chi connectivity index (χ3n) is 6.35. The van der Waals surface area contributed by atoms with Gasteiger partial charge in [-0.25, -0.2) is 4.98 Å². The van der Waals surface area contributed by atoms with Crippen LogP contribution in [0, 0.1) is 13.8 Å². The molecule has 2 atom stereocenters. The number of hydrogen-bond acceptors (Lipinski definition) is 6. The van der Waals surface area contributed by atoms with Crippen molar-refractivity contribution in [3.63, 3.8) is 0 Å². The Bertz CT molecular complexity index is 1090. The van der Waals surface area contributed by atoms with E-state index in [4.69, 9.17) is 21.1 Å². The Kier molecular flexibility index (Phi) is 7.48. The molecule has 0 spiro atoms. The number of ether oxygens (including phenoxy) is 2. The third kappa shape index (κ3) is 5.73. The fourth-order valence-corrected chi connectivity index (χ4v) is 4.36.